The Morgan fingerprint density at radius 1 is 0.935 bits per heavy atom. The number of fused-ring (bicyclic) bond motifs is 1. The van der Waals surface area contributed by atoms with Crippen molar-refractivity contribution in [1.82, 2.24) is 5.32 Å². The van der Waals surface area contributed by atoms with E-state index < -0.39 is 42.0 Å². The summed E-state index contributed by atoms with van der Waals surface area (Å²) in [5, 5.41) is 12.0. The zero-order valence-electron chi connectivity index (χ0n) is 15.7. The predicted octanol–water partition coefficient (Wildman–Crippen LogP) is 4.42. The molecule has 9 heteroatoms. The third kappa shape index (κ3) is 4.17. The van der Waals surface area contributed by atoms with Gasteiger partial charge in [-0.1, -0.05) is 36.4 Å². The largest absolute Gasteiger partial charge is 0.586 e. The number of hydrogen-bond acceptors (Lipinski definition) is 4. The molecule has 0 fully saturated rings. The molecule has 3 aromatic rings. The summed E-state index contributed by atoms with van der Waals surface area (Å²) in [5.74, 6) is -3.21. The number of alkyl halides is 2. The summed E-state index contributed by atoms with van der Waals surface area (Å²) in [6, 6.07) is 12.9. The van der Waals surface area contributed by atoms with E-state index in [0.717, 1.165) is 18.2 Å². The lowest BCUT2D eigenvalue weighted by Gasteiger charge is -2.18. The molecule has 0 aromatic heterocycles. The molecule has 31 heavy (non-hydrogen) atoms. The molecule has 4 rings (SSSR count). The van der Waals surface area contributed by atoms with Crippen LogP contribution >= 0.6 is 0 Å². The molecule has 0 saturated carbocycles. The number of nitrogens with one attached hydrogen (secondary N) is 1. The Hall–Kier alpha value is -3.59. The number of aliphatic hydroxyl groups excluding tert-OH is 1. The van der Waals surface area contributed by atoms with Crippen LogP contribution in [0.3, 0.4) is 0 Å². The minimum absolute atomic E-state index is 0.0752. The first-order chi connectivity index (χ1) is 14.8. The Labute approximate surface area is 173 Å². The van der Waals surface area contributed by atoms with Gasteiger partial charge in [-0.05, 0) is 41.0 Å². The lowest BCUT2D eigenvalue weighted by molar-refractivity contribution is -0.286. The maximum atomic E-state index is 13.8. The van der Waals surface area contributed by atoms with Crippen molar-refractivity contribution in [2.75, 3.05) is 6.61 Å². The zero-order valence-corrected chi connectivity index (χ0v) is 15.7. The van der Waals surface area contributed by atoms with Gasteiger partial charge in [-0.3, -0.25) is 4.79 Å². The normalized spacial score (nSPS) is 14.9. The summed E-state index contributed by atoms with van der Waals surface area (Å²) in [6.45, 7) is -0.514. The van der Waals surface area contributed by atoms with E-state index in [2.05, 4.69) is 14.8 Å². The Balaban J connectivity index is 1.53. The Kier molecular flexibility index (Phi) is 5.28. The van der Waals surface area contributed by atoms with E-state index in [4.69, 9.17) is 0 Å². The number of benzene rings is 3. The third-order valence-electron chi connectivity index (χ3n) is 4.73. The molecular formula is C22H15F4NO4. The summed E-state index contributed by atoms with van der Waals surface area (Å²) in [5.41, 5.74) is 0.955. The van der Waals surface area contributed by atoms with Gasteiger partial charge < -0.3 is 19.9 Å². The van der Waals surface area contributed by atoms with Crippen molar-refractivity contribution in [3.05, 3.63) is 83.4 Å². The molecule has 1 heterocycles. The van der Waals surface area contributed by atoms with Crippen molar-refractivity contribution in [2.24, 2.45) is 0 Å². The van der Waals surface area contributed by atoms with Gasteiger partial charge in [0.25, 0.3) is 5.91 Å². The van der Waals surface area contributed by atoms with Crippen LogP contribution in [0.5, 0.6) is 11.5 Å². The van der Waals surface area contributed by atoms with E-state index in [0.29, 0.717) is 16.7 Å². The van der Waals surface area contributed by atoms with Crippen LogP contribution in [0.2, 0.25) is 0 Å². The highest BCUT2D eigenvalue weighted by Crippen LogP contribution is 2.43. The van der Waals surface area contributed by atoms with Gasteiger partial charge in [-0.25, -0.2) is 8.78 Å². The fraction of sp³-hybridized carbons (Fsp3) is 0.136. The summed E-state index contributed by atoms with van der Waals surface area (Å²) < 4.78 is 62.8. The molecule has 0 radical (unpaired) electrons. The molecule has 1 aliphatic rings. The van der Waals surface area contributed by atoms with Crippen LogP contribution in [-0.4, -0.2) is 23.9 Å². The van der Waals surface area contributed by atoms with Crippen molar-refractivity contribution in [2.45, 2.75) is 12.3 Å². The van der Waals surface area contributed by atoms with E-state index in [-0.39, 0.29) is 11.5 Å². The second-order valence-corrected chi connectivity index (χ2v) is 6.76. The van der Waals surface area contributed by atoms with Crippen LogP contribution in [0.4, 0.5) is 17.6 Å². The number of rotatable bonds is 5. The molecule has 1 amide bonds. The number of ether oxygens (including phenoxy) is 2. The molecule has 3 aromatic carbocycles. The van der Waals surface area contributed by atoms with Crippen molar-refractivity contribution >= 4 is 5.91 Å². The van der Waals surface area contributed by atoms with Crippen LogP contribution < -0.4 is 14.8 Å². The van der Waals surface area contributed by atoms with Gasteiger partial charge in [0, 0.05) is 0 Å². The van der Waals surface area contributed by atoms with Crippen LogP contribution in [0.15, 0.2) is 60.7 Å². The fourth-order valence-corrected chi connectivity index (χ4v) is 3.22. The van der Waals surface area contributed by atoms with Crippen LogP contribution in [-0.2, 0) is 0 Å². The van der Waals surface area contributed by atoms with Crippen molar-refractivity contribution < 1.29 is 36.9 Å². The van der Waals surface area contributed by atoms with Gasteiger partial charge in [0.05, 0.1) is 12.6 Å². The predicted molar refractivity (Wildman–Crippen MR) is 102 cm³/mol. The molecule has 0 bridgehead atoms. The van der Waals surface area contributed by atoms with Crippen molar-refractivity contribution in [3.8, 4) is 22.6 Å². The van der Waals surface area contributed by atoms with Crippen LogP contribution in [0.25, 0.3) is 11.1 Å². The van der Waals surface area contributed by atoms with Crippen LogP contribution in [0.1, 0.15) is 22.0 Å². The van der Waals surface area contributed by atoms with E-state index >= 15 is 0 Å². The summed E-state index contributed by atoms with van der Waals surface area (Å²) in [6.07, 6.45) is -3.71. The molecule has 5 nitrogen and oxygen atoms in total. The Morgan fingerprint density at radius 3 is 2.19 bits per heavy atom. The molecule has 0 spiro atoms. The quantitative estimate of drug-likeness (QED) is 0.585. The second-order valence-electron chi connectivity index (χ2n) is 6.76. The highest BCUT2D eigenvalue weighted by Gasteiger charge is 2.43. The zero-order chi connectivity index (χ0) is 22.2. The molecule has 160 valence electrons. The summed E-state index contributed by atoms with van der Waals surface area (Å²) in [7, 11) is 0. The highest BCUT2D eigenvalue weighted by atomic mass is 19.3. The maximum absolute atomic E-state index is 13.8. The number of carbonyl (C=O) groups is 1. The van der Waals surface area contributed by atoms with E-state index in [1.807, 2.05) is 0 Å². The topological polar surface area (TPSA) is 67.8 Å². The minimum Gasteiger partial charge on any atom is -0.395 e. The maximum Gasteiger partial charge on any atom is 0.586 e. The average molecular weight is 433 g/mol. The van der Waals surface area contributed by atoms with Gasteiger partial charge in [-0.15, -0.1) is 8.78 Å². The SMILES string of the molecule is O=C(NC(CO)c1ccc(-c2ccc3c(c2)OC(F)(F)O3)cc1)c1c(F)cccc1F. The molecule has 1 unspecified atom stereocenters. The number of amides is 1. The number of carbonyl (C=O) groups excluding carboxylic acids is 1. The number of aliphatic hydroxyl groups is 1. The van der Waals surface area contributed by atoms with Gasteiger partial charge in [0.2, 0.25) is 0 Å². The Bertz CT molecular complexity index is 1110. The lowest BCUT2D eigenvalue weighted by atomic mass is 10.0. The fourth-order valence-electron chi connectivity index (χ4n) is 3.22. The molecular weight excluding hydrogens is 418 g/mol. The molecule has 2 N–H and O–H groups in total. The van der Waals surface area contributed by atoms with Crippen molar-refractivity contribution in [3.63, 3.8) is 0 Å². The second kappa shape index (κ2) is 7.92. The summed E-state index contributed by atoms with van der Waals surface area (Å²) in [4.78, 5) is 12.3. The molecule has 1 aliphatic heterocycles. The molecule has 0 saturated heterocycles. The van der Waals surface area contributed by atoms with E-state index in [1.54, 1.807) is 30.3 Å². The average Bonchev–Trinajstić information content (AvgIpc) is 3.05. The minimum atomic E-state index is -3.71. The monoisotopic (exact) mass is 433 g/mol. The van der Waals surface area contributed by atoms with E-state index in [1.165, 1.54) is 12.1 Å². The molecule has 1 atom stereocenters. The first kappa shape index (κ1) is 20.7. The standard InChI is InChI=1S/C22H15F4NO4/c23-15-2-1-3-16(24)20(15)21(29)27-17(11-28)13-6-4-12(5-7-13)14-8-9-18-19(10-14)31-22(25,26)30-18/h1-10,17,28H,11H2,(H,27,29). The van der Waals surface area contributed by atoms with Gasteiger partial charge >= 0.3 is 6.29 Å². The smallest absolute Gasteiger partial charge is 0.395 e. The number of hydrogen-bond donors (Lipinski definition) is 2. The van der Waals surface area contributed by atoms with Crippen LogP contribution in [0, 0.1) is 11.6 Å². The number of halogens is 4. The first-order valence-electron chi connectivity index (χ1n) is 9.13. The Morgan fingerprint density at radius 2 is 1.55 bits per heavy atom. The van der Waals surface area contributed by atoms with Gasteiger partial charge in [0.1, 0.15) is 17.2 Å². The van der Waals surface area contributed by atoms with Crippen molar-refractivity contribution in [1.29, 1.82) is 0 Å². The lowest BCUT2D eigenvalue weighted by Crippen LogP contribution is -2.32. The van der Waals surface area contributed by atoms with Gasteiger partial charge in [-0.2, -0.15) is 0 Å². The van der Waals surface area contributed by atoms with E-state index in [9.17, 15) is 27.5 Å². The van der Waals surface area contributed by atoms with Gasteiger partial charge in [0.15, 0.2) is 11.5 Å². The highest BCUT2D eigenvalue weighted by molar-refractivity contribution is 5.95. The first-order valence-corrected chi connectivity index (χ1v) is 9.13. The summed E-state index contributed by atoms with van der Waals surface area (Å²) >= 11 is 0. The molecule has 0 aliphatic carbocycles. The third-order valence-corrected chi connectivity index (χ3v) is 4.73.